The highest BCUT2D eigenvalue weighted by molar-refractivity contribution is 6.30. The molecular weight excluding hydrogens is 322 g/mol. The summed E-state index contributed by atoms with van der Waals surface area (Å²) in [6.07, 6.45) is 3.81. The number of halogens is 1. The maximum atomic E-state index is 12.4. The van der Waals surface area contributed by atoms with Crippen LogP contribution < -0.4 is 10.5 Å². The number of nitrogens with zero attached hydrogens (tertiary/aromatic N) is 3. The van der Waals surface area contributed by atoms with Gasteiger partial charge < -0.3 is 4.90 Å². The lowest BCUT2D eigenvalue weighted by Gasteiger charge is -2.36. The lowest BCUT2D eigenvalue weighted by molar-refractivity contribution is 0.556. The number of anilines is 1. The maximum absolute atomic E-state index is 12.4. The summed E-state index contributed by atoms with van der Waals surface area (Å²) >= 11 is 5.97. The highest BCUT2D eigenvalue weighted by Crippen LogP contribution is 2.31. The normalized spacial score (nSPS) is 17.1. The van der Waals surface area contributed by atoms with E-state index in [1.165, 1.54) is 15.7 Å². The average Bonchev–Trinajstić information content (AvgIpc) is 2.58. The van der Waals surface area contributed by atoms with Crippen molar-refractivity contribution in [3.05, 3.63) is 75.3 Å². The standard InChI is InChI=1S/C19H18ClN3O/c1-13-6-7-14-4-2-3-5-17(14)22(13)12-16-10-19(24)23-11-15(20)8-9-18(23)21-16/h2-5,8-11,13H,6-7,12H2,1H3. The minimum atomic E-state index is -0.101. The Labute approximate surface area is 145 Å². The van der Waals surface area contributed by atoms with E-state index in [9.17, 15) is 4.79 Å². The van der Waals surface area contributed by atoms with Gasteiger partial charge in [-0.15, -0.1) is 0 Å². The SMILES string of the molecule is CC1CCc2ccccc2N1Cc1cc(=O)n2cc(Cl)ccc2n1. The molecule has 1 aromatic carbocycles. The molecular formula is C19H18ClN3O. The monoisotopic (exact) mass is 339 g/mol. The summed E-state index contributed by atoms with van der Waals surface area (Å²) in [4.78, 5) is 19.3. The van der Waals surface area contributed by atoms with Crippen LogP contribution in [0, 0.1) is 0 Å². The summed E-state index contributed by atoms with van der Waals surface area (Å²) < 4.78 is 1.49. The molecule has 4 rings (SSSR count). The predicted molar refractivity (Wildman–Crippen MR) is 96.9 cm³/mol. The molecule has 0 saturated heterocycles. The van der Waals surface area contributed by atoms with Gasteiger partial charge in [-0.25, -0.2) is 4.98 Å². The van der Waals surface area contributed by atoms with Crippen molar-refractivity contribution in [3.8, 4) is 0 Å². The molecule has 122 valence electrons. The first-order valence-electron chi connectivity index (χ1n) is 8.14. The van der Waals surface area contributed by atoms with Gasteiger partial charge in [-0.05, 0) is 43.5 Å². The second kappa shape index (κ2) is 5.95. The van der Waals surface area contributed by atoms with E-state index in [0.717, 1.165) is 18.5 Å². The van der Waals surface area contributed by atoms with Crippen molar-refractivity contribution in [2.75, 3.05) is 4.90 Å². The molecule has 1 atom stereocenters. The molecule has 0 fully saturated rings. The molecule has 1 aliphatic rings. The summed E-state index contributed by atoms with van der Waals surface area (Å²) in [5, 5.41) is 0.526. The Morgan fingerprint density at radius 1 is 1.25 bits per heavy atom. The number of hydrogen-bond acceptors (Lipinski definition) is 3. The molecule has 0 saturated carbocycles. The van der Waals surface area contributed by atoms with Gasteiger partial charge in [-0.2, -0.15) is 0 Å². The molecule has 0 bridgehead atoms. The van der Waals surface area contributed by atoms with E-state index in [0.29, 0.717) is 23.3 Å². The van der Waals surface area contributed by atoms with Crippen molar-refractivity contribution in [2.45, 2.75) is 32.4 Å². The number of aromatic nitrogens is 2. The van der Waals surface area contributed by atoms with Gasteiger partial charge in [-0.3, -0.25) is 9.20 Å². The van der Waals surface area contributed by atoms with E-state index in [4.69, 9.17) is 11.6 Å². The lowest BCUT2D eigenvalue weighted by Crippen LogP contribution is -2.37. The van der Waals surface area contributed by atoms with Crippen LogP contribution in [0.15, 0.2) is 53.5 Å². The topological polar surface area (TPSA) is 37.6 Å². The van der Waals surface area contributed by atoms with E-state index in [-0.39, 0.29) is 5.56 Å². The van der Waals surface area contributed by atoms with Gasteiger partial charge in [0.1, 0.15) is 5.65 Å². The van der Waals surface area contributed by atoms with Crippen LogP contribution in [0.25, 0.3) is 5.65 Å². The maximum Gasteiger partial charge on any atom is 0.258 e. The zero-order chi connectivity index (χ0) is 16.7. The molecule has 1 aliphatic heterocycles. The number of benzene rings is 1. The summed E-state index contributed by atoms with van der Waals surface area (Å²) in [6.45, 7) is 2.86. The Hall–Kier alpha value is -2.33. The van der Waals surface area contributed by atoms with Crippen LogP contribution in [0.4, 0.5) is 5.69 Å². The van der Waals surface area contributed by atoms with Crippen LogP contribution in [0.3, 0.4) is 0 Å². The van der Waals surface area contributed by atoms with Crippen LogP contribution in [-0.2, 0) is 13.0 Å². The Morgan fingerprint density at radius 2 is 2.08 bits per heavy atom. The average molecular weight is 340 g/mol. The van der Waals surface area contributed by atoms with Crippen molar-refractivity contribution in [2.24, 2.45) is 0 Å². The predicted octanol–water partition coefficient (Wildman–Crippen LogP) is 3.69. The van der Waals surface area contributed by atoms with E-state index in [1.54, 1.807) is 24.4 Å². The molecule has 0 N–H and O–H groups in total. The van der Waals surface area contributed by atoms with E-state index < -0.39 is 0 Å². The highest BCUT2D eigenvalue weighted by atomic mass is 35.5. The molecule has 3 heterocycles. The quantitative estimate of drug-likeness (QED) is 0.714. The molecule has 0 radical (unpaired) electrons. The molecule has 5 heteroatoms. The third-order valence-electron chi connectivity index (χ3n) is 4.67. The van der Waals surface area contributed by atoms with Crippen molar-refractivity contribution in [1.29, 1.82) is 0 Å². The second-order valence-corrected chi connectivity index (χ2v) is 6.74. The fraction of sp³-hybridized carbons (Fsp3) is 0.263. The number of hydrogen-bond donors (Lipinski definition) is 0. The minimum absolute atomic E-state index is 0.101. The largest absolute Gasteiger partial charge is 0.363 e. The molecule has 0 spiro atoms. The highest BCUT2D eigenvalue weighted by Gasteiger charge is 2.23. The summed E-state index contributed by atoms with van der Waals surface area (Å²) in [5.74, 6) is 0. The Bertz CT molecular complexity index is 966. The van der Waals surface area contributed by atoms with Gasteiger partial charge in [0.25, 0.3) is 5.56 Å². The Balaban J connectivity index is 1.74. The van der Waals surface area contributed by atoms with Gasteiger partial charge in [0.15, 0.2) is 0 Å². The van der Waals surface area contributed by atoms with Crippen molar-refractivity contribution >= 4 is 22.9 Å². The van der Waals surface area contributed by atoms with Gasteiger partial charge in [-0.1, -0.05) is 29.8 Å². The van der Waals surface area contributed by atoms with E-state index >= 15 is 0 Å². The zero-order valence-electron chi connectivity index (χ0n) is 13.4. The van der Waals surface area contributed by atoms with Gasteiger partial charge >= 0.3 is 0 Å². The zero-order valence-corrected chi connectivity index (χ0v) is 14.2. The van der Waals surface area contributed by atoms with Gasteiger partial charge in [0, 0.05) is 24.0 Å². The molecule has 1 unspecified atom stereocenters. The van der Waals surface area contributed by atoms with Crippen LogP contribution >= 0.6 is 11.6 Å². The number of para-hydroxylation sites is 1. The van der Waals surface area contributed by atoms with Crippen molar-refractivity contribution < 1.29 is 0 Å². The third kappa shape index (κ3) is 2.67. The number of fused-ring (bicyclic) bond motifs is 2. The van der Waals surface area contributed by atoms with Crippen molar-refractivity contribution in [1.82, 2.24) is 9.38 Å². The first-order valence-corrected chi connectivity index (χ1v) is 8.52. The smallest absolute Gasteiger partial charge is 0.258 e. The molecule has 3 aromatic rings. The molecule has 0 amide bonds. The second-order valence-electron chi connectivity index (χ2n) is 6.31. The first kappa shape index (κ1) is 15.2. The fourth-order valence-corrected chi connectivity index (χ4v) is 3.54. The lowest BCUT2D eigenvalue weighted by atomic mass is 9.96. The molecule has 24 heavy (non-hydrogen) atoms. The molecule has 4 nitrogen and oxygen atoms in total. The minimum Gasteiger partial charge on any atom is -0.363 e. The molecule has 0 aliphatic carbocycles. The number of aryl methyl sites for hydroxylation is 1. The Morgan fingerprint density at radius 3 is 2.96 bits per heavy atom. The van der Waals surface area contributed by atoms with Crippen LogP contribution in [0.5, 0.6) is 0 Å². The van der Waals surface area contributed by atoms with E-state index in [2.05, 4.69) is 41.1 Å². The van der Waals surface area contributed by atoms with Gasteiger partial charge in [0.05, 0.1) is 17.3 Å². The number of pyridine rings is 1. The number of rotatable bonds is 2. The summed E-state index contributed by atoms with van der Waals surface area (Å²) in [5.41, 5.74) is 3.91. The first-order chi connectivity index (χ1) is 11.6. The van der Waals surface area contributed by atoms with Crippen LogP contribution in [0.2, 0.25) is 5.02 Å². The van der Waals surface area contributed by atoms with Crippen LogP contribution in [0.1, 0.15) is 24.6 Å². The summed E-state index contributed by atoms with van der Waals surface area (Å²) in [7, 11) is 0. The van der Waals surface area contributed by atoms with Crippen molar-refractivity contribution in [3.63, 3.8) is 0 Å². The molecule has 2 aromatic heterocycles. The van der Waals surface area contributed by atoms with Crippen LogP contribution in [-0.4, -0.2) is 15.4 Å². The summed E-state index contributed by atoms with van der Waals surface area (Å²) in [6, 6.07) is 14.0. The Kier molecular flexibility index (Phi) is 3.77. The van der Waals surface area contributed by atoms with E-state index in [1.807, 2.05) is 0 Å². The third-order valence-corrected chi connectivity index (χ3v) is 4.90. The van der Waals surface area contributed by atoms with Gasteiger partial charge in [0.2, 0.25) is 0 Å². The fourth-order valence-electron chi connectivity index (χ4n) is 3.38.